The first-order valence-electron chi connectivity index (χ1n) is 8.34. The van der Waals surface area contributed by atoms with Crippen molar-refractivity contribution in [2.45, 2.75) is 19.4 Å². The van der Waals surface area contributed by atoms with E-state index in [1.807, 2.05) is 11.8 Å². The quantitative estimate of drug-likeness (QED) is 0.709. The Kier molecular flexibility index (Phi) is 4.36. The lowest BCUT2D eigenvalue weighted by molar-refractivity contribution is 0.308. The molecule has 3 heterocycles. The third kappa shape index (κ3) is 3.06. The van der Waals surface area contributed by atoms with Crippen molar-refractivity contribution in [1.29, 1.82) is 0 Å². The molecule has 2 N–H and O–H groups in total. The van der Waals surface area contributed by atoms with Crippen LogP contribution in [-0.4, -0.2) is 26.5 Å². The highest BCUT2D eigenvalue weighted by molar-refractivity contribution is 5.55. The molecule has 0 aliphatic carbocycles. The number of nitrogens with two attached hydrogens (primary N) is 1. The number of hydrogen-bond acceptors (Lipinski definition) is 7. The van der Waals surface area contributed by atoms with Gasteiger partial charge in [0.2, 0.25) is 5.82 Å². The summed E-state index contributed by atoms with van der Waals surface area (Å²) in [6.07, 6.45) is 5.61. The standard InChI is InChI=1S/C18H16F2N6O/c1-10-12-9-24-18(17-22-4-2-5-23-17)25-14(12)3-6-26(10)11-7-13(19)16(20)15(8-11)27-21/h2,4-5,7-10H,3,6,21H2,1H3. The molecule has 0 spiro atoms. The molecule has 138 valence electrons. The van der Waals surface area contributed by atoms with Gasteiger partial charge in [0.15, 0.2) is 23.2 Å². The second-order valence-corrected chi connectivity index (χ2v) is 6.14. The fourth-order valence-corrected chi connectivity index (χ4v) is 3.24. The number of nitrogens with zero attached hydrogens (tertiary/aromatic N) is 5. The average molecular weight is 370 g/mol. The molecule has 0 saturated carbocycles. The smallest absolute Gasteiger partial charge is 0.203 e. The van der Waals surface area contributed by atoms with Crippen LogP contribution in [0.1, 0.15) is 24.2 Å². The highest BCUT2D eigenvalue weighted by Gasteiger charge is 2.28. The van der Waals surface area contributed by atoms with E-state index in [1.54, 1.807) is 24.7 Å². The van der Waals surface area contributed by atoms with Gasteiger partial charge >= 0.3 is 0 Å². The number of halogens is 2. The van der Waals surface area contributed by atoms with E-state index in [0.717, 1.165) is 17.3 Å². The maximum Gasteiger partial charge on any atom is 0.203 e. The Morgan fingerprint density at radius 3 is 2.67 bits per heavy atom. The Morgan fingerprint density at radius 2 is 1.93 bits per heavy atom. The summed E-state index contributed by atoms with van der Waals surface area (Å²) < 4.78 is 27.5. The molecule has 9 heteroatoms. The van der Waals surface area contributed by atoms with E-state index in [9.17, 15) is 8.78 Å². The van der Waals surface area contributed by atoms with Gasteiger partial charge in [-0.15, -0.1) is 0 Å². The summed E-state index contributed by atoms with van der Waals surface area (Å²) >= 11 is 0. The topological polar surface area (TPSA) is 90.0 Å². The van der Waals surface area contributed by atoms with Crippen molar-refractivity contribution in [3.05, 3.63) is 59.7 Å². The fourth-order valence-electron chi connectivity index (χ4n) is 3.24. The molecule has 1 atom stereocenters. The number of fused-ring (bicyclic) bond motifs is 1. The monoisotopic (exact) mass is 370 g/mol. The number of aromatic nitrogens is 4. The van der Waals surface area contributed by atoms with Crippen LogP contribution in [0.2, 0.25) is 0 Å². The van der Waals surface area contributed by atoms with Gasteiger partial charge in [-0.05, 0) is 13.0 Å². The first-order chi connectivity index (χ1) is 13.1. The van der Waals surface area contributed by atoms with Crippen molar-refractivity contribution in [1.82, 2.24) is 19.9 Å². The minimum Gasteiger partial charge on any atom is -0.408 e. The van der Waals surface area contributed by atoms with Gasteiger partial charge in [-0.1, -0.05) is 0 Å². The van der Waals surface area contributed by atoms with Gasteiger partial charge in [0.1, 0.15) is 0 Å². The molecule has 0 radical (unpaired) electrons. The number of hydrogen-bond donors (Lipinski definition) is 1. The molecule has 0 fully saturated rings. The highest BCUT2D eigenvalue weighted by Crippen LogP contribution is 2.35. The molecule has 0 amide bonds. The Morgan fingerprint density at radius 1 is 1.15 bits per heavy atom. The number of anilines is 1. The number of rotatable bonds is 3. The van der Waals surface area contributed by atoms with Gasteiger partial charge < -0.3 is 9.74 Å². The summed E-state index contributed by atoms with van der Waals surface area (Å²) in [7, 11) is 0. The van der Waals surface area contributed by atoms with Crippen LogP contribution in [0.4, 0.5) is 14.5 Å². The van der Waals surface area contributed by atoms with Crippen LogP contribution in [0.25, 0.3) is 11.6 Å². The summed E-state index contributed by atoms with van der Waals surface area (Å²) in [5.74, 6) is 3.50. The SMILES string of the molecule is CC1c2cnc(-c3ncccn3)nc2CCN1c1cc(F)c(F)c(ON)c1. The predicted molar refractivity (Wildman–Crippen MR) is 93.7 cm³/mol. The molecule has 2 aromatic heterocycles. The van der Waals surface area contributed by atoms with Crippen molar-refractivity contribution in [3.8, 4) is 17.4 Å². The zero-order valence-corrected chi connectivity index (χ0v) is 14.4. The van der Waals surface area contributed by atoms with E-state index in [1.165, 1.54) is 6.07 Å². The summed E-state index contributed by atoms with van der Waals surface area (Å²) in [5, 5.41) is 0. The molecule has 1 unspecified atom stereocenters. The van der Waals surface area contributed by atoms with Crippen molar-refractivity contribution in [3.63, 3.8) is 0 Å². The molecule has 1 aromatic carbocycles. The van der Waals surface area contributed by atoms with Gasteiger partial charge in [-0.2, -0.15) is 10.3 Å². The Labute approximate surface area is 153 Å². The van der Waals surface area contributed by atoms with E-state index >= 15 is 0 Å². The van der Waals surface area contributed by atoms with Gasteiger partial charge in [0.25, 0.3) is 0 Å². The molecule has 27 heavy (non-hydrogen) atoms. The summed E-state index contributed by atoms with van der Waals surface area (Å²) in [6.45, 7) is 2.51. The largest absolute Gasteiger partial charge is 0.408 e. The van der Waals surface area contributed by atoms with Crippen LogP contribution in [0, 0.1) is 11.6 Å². The number of benzene rings is 1. The van der Waals surface area contributed by atoms with Crippen molar-refractivity contribution in [2.24, 2.45) is 5.90 Å². The first-order valence-corrected chi connectivity index (χ1v) is 8.34. The Bertz CT molecular complexity index is 985. The van der Waals surface area contributed by atoms with E-state index < -0.39 is 11.6 Å². The average Bonchev–Trinajstić information content (AvgIpc) is 2.70. The summed E-state index contributed by atoms with van der Waals surface area (Å²) in [6, 6.07) is 4.09. The Balaban J connectivity index is 1.68. The van der Waals surface area contributed by atoms with E-state index in [0.29, 0.717) is 30.3 Å². The normalized spacial score (nSPS) is 16.1. The Hall–Kier alpha value is -3.20. The fraction of sp³-hybridized carbons (Fsp3) is 0.222. The van der Waals surface area contributed by atoms with E-state index in [-0.39, 0.29) is 11.8 Å². The second kappa shape index (κ2) is 6.84. The summed E-state index contributed by atoms with van der Waals surface area (Å²) in [5.41, 5.74) is 2.26. The zero-order chi connectivity index (χ0) is 19.0. The van der Waals surface area contributed by atoms with Crippen LogP contribution in [0.3, 0.4) is 0 Å². The van der Waals surface area contributed by atoms with E-state index in [4.69, 9.17) is 5.90 Å². The van der Waals surface area contributed by atoms with Crippen LogP contribution in [0.5, 0.6) is 5.75 Å². The minimum absolute atomic E-state index is 0.144. The lowest BCUT2D eigenvalue weighted by Crippen LogP contribution is -2.35. The van der Waals surface area contributed by atoms with Gasteiger partial charge in [0, 0.05) is 54.9 Å². The predicted octanol–water partition coefficient (Wildman–Crippen LogP) is 2.59. The zero-order valence-electron chi connectivity index (χ0n) is 14.4. The second-order valence-electron chi connectivity index (χ2n) is 6.14. The van der Waals surface area contributed by atoms with Crippen LogP contribution in [-0.2, 0) is 6.42 Å². The third-order valence-corrected chi connectivity index (χ3v) is 4.61. The minimum atomic E-state index is -1.11. The van der Waals surface area contributed by atoms with Crippen molar-refractivity contribution >= 4 is 5.69 Å². The van der Waals surface area contributed by atoms with Crippen LogP contribution >= 0.6 is 0 Å². The molecule has 3 aromatic rings. The summed E-state index contributed by atoms with van der Waals surface area (Å²) in [4.78, 5) is 23.7. The molecule has 0 saturated heterocycles. The first kappa shape index (κ1) is 17.2. The van der Waals surface area contributed by atoms with Gasteiger partial charge in [-0.25, -0.2) is 24.3 Å². The van der Waals surface area contributed by atoms with Crippen LogP contribution in [0.15, 0.2) is 36.8 Å². The maximum atomic E-state index is 13.9. The molecule has 4 rings (SSSR count). The maximum absolute atomic E-state index is 13.9. The molecule has 1 aliphatic rings. The molecular formula is C18H16F2N6O. The highest BCUT2D eigenvalue weighted by atomic mass is 19.2. The molecule has 0 bridgehead atoms. The third-order valence-electron chi connectivity index (χ3n) is 4.61. The van der Waals surface area contributed by atoms with Gasteiger partial charge in [-0.3, -0.25) is 0 Å². The lowest BCUT2D eigenvalue weighted by atomic mass is 9.98. The van der Waals surface area contributed by atoms with Crippen molar-refractivity contribution in [2.75, 3.05) is 11.4 Å². The van der Waals surface area contributed by atoms with Crippen LogP contribution < -0.4 is 15.6 Å². The lowest BCUT2D eigenvalue weighted by Gasteiger charge is -2.36. The molecule has 1 aliphatic heterocycles. The molecule has 7 nitrogen and oxygen atoms in total. The molecular weight excluding hydrogens is 354 g/mol. The van der Waals surface area contributed by atoms with E-state index in [2.05, 4.69) is 24.8 Å². The van der Waals surface area contributed by atoms with Gasteiger partial charge in [0.05, 0.1) is 11.7 Å². The van der Waals surface area contributed by atoms with Crippen molar-refractivity contribution < 1.29 is 13.6 Å².